The summed E-state index contributed by atoms with van der Waals surface area (Å²) >= 11 is 1.59. The molecule has 0 N–H and O–H groups in total. The van der Waals surface area contributed by atoms with E-state index in [4.69, 9.17) is 19.3 Å². The number of thioether (sulfide) groups is 1. The number of hydrogen-bond acceptors (Lipinski definition) is 6. The largest absolute Gasteiger partial charge is 0.453 e. The van der Waals surface area contributed by atoms with Crippen molar-refractivity contribution in [2.75, 3.05) is 19.5 Å². The summed E-state index contributed by atoms with van der Waals surface area (Å²) in [6.45, 7) is 6.18. The van der Waals surface area contributed by atoms with Crippen LogP contribution in [0.2, 0.25) is 0 Å². The highest BCUT2D eigenvalue weighted by atomic mass is 32.2. The van der Waals surface area contributed by atoms with Crippen molar-refractivity contribution >= 4 is 11.8 Å². The molecular weight excluding hydrogens is 386 g/mol. The summed E-state index contributed by atoms with van der Waals surface area (Å²) in [5.41, 5.74) is 2.56. The molecule has 0 spiro atoms. The molecule has 0 radical (unpaired) electrons. The fourth-order valence-electron chi connectivity index (χ4n) is 3.46. The molecule has 1 aliphatic heterocycles. The highest BCUT2D eigenvalue weighted by Crippen LogP contribution is 2.33. The third-order valence-corrected chi connectivity index (χ3v) is 5.66. The maximum absolute atomic E-state index is 9.30. The maximum atomic E-state index is 9.30. The zero-order valence-electron chi connectivity index (χ0n) is 17.4. The standard InChI is InChI=1S/C22H29N3O3S/c1-4-19-22(28-17-12-16(15-23)13-18(14-17)29-3)20(5-2)25(24-19)9-11-27-21-8-6-7-10-26-21/h12-14,21H,4-11H2,1-3H3. The summed E-state index contributed by atoms with van der Waals surface area (Å²) in [5.74, 6) is 1.47. The van der Waals surface area contributed by atoms with Crippen LogP contribution in [0.3, 0.4) is 0 Å². The van der Waals surface area contributed by atoms with Gasteiger partial charge in [-0.1, -0.05) is 13.8 Å². The van der Waals surface area contributed by atoms with E-state index in [1.54, 1.807) is 17.8 Å². The first kappa shape index (κ1) is 21.7. The Labute approximate surface area is 177 Å². The third-order valence-electron chi connectivity index (χ3n) is 4.96. The third kappa shape index (κ3) is 5.53. The van der Waals surface area contributed by atoms with Crippen molar-refractivity contribution < 1.29 is 14.2 Å². The fourth-order valence-corrected chi connectivity index (χ4v) is 3.94. The highest BCUT2D eigenvalue weighted by molar-refractivity contribution is 7.98. The number of hydrogen-bond donors (Lipinski definition) is 0. The van der Waals surface area contributed by atoms with Crippen LogP contribution >= 0.6 is 11.8 Å². The van der Waals surface area contributed by atoms with Gasteiger partial charge >= 0.3 is 0 Å². The lowest BCUT2D eigenvalue weighted by Crippen LogP contribution is -2.24. The molecule has 0 bridgehead atoms. The van der Waals surface area contributed by atoms with E-state index >= 15 is 0 Å². The number of aryl methyl sites for hydroxylation is 1. The first-order chi connectivity index (χ1) is 14.2. The minimum Gasteiger partial charge on any atom is -0.453 e. The van der Waals surface area contributed by atoms with Gasteiger partial charge in [-0.2, -0.15) is 10.4 Å². The van der Waals surface area contributed by atoms with Gasteiger partial charge in [0.15, 0.2) is 12.0 Å². The molecule has 0 aliphatic carbocycles. The molecule has 1 saturated heterocycles. The average molecular weight is 416 g/mol. The number of benzene rings is 1. The second-order valence-electron chi connectivity index (χ2n) is 6.93. The normalized spacial score (nSPS) is 16.6. The van der Waals surface area contributed by atoms with Crippen LogP contribution in [0.15, 0.2) is 23.1 Å². The van der Waals surface area contributed by atoms with E-state index in [0.717, 1.165) is 60.7 Å². The molecule has 0 saturated carbocycles. The van der Waals surface area contributed by atoms with Crippen LogP contribution in [0.1, 0.15) is 50.1 Å². The van der Waals surface area contributed by atoms with Crippen LogP contribution < -0.4 is 4.74 Å². The molecule has 29 heavy (non-hydrogen) atoms. The molecule has 1 unspecified atom stereocenters. The topological polar surface area (TPSA) is 69.3 Å². The van der Waals surface area contributed by atoms with Crippen molar-refractivity contribution in [3.63, 3.8) is 0 Å². The lowest BCUT2D eigenvalue weighted by Gasteiger charge is -2.22. The predicted molar refractivity (Wildman–Crippen MR) is 114 cm³/mol. The smallest absolute Gasteiger partial charge is 0.171 e. The van der Waals surface area contributed by atoms with E-state index < -0.39 is 0 Å². The average Bonchev–Trinajstić information content (AvgIpc) is 3.10. The molecule has 2 aromatic rings. The van der Waals surface area contributed by atoms with Gasteiger partial charge in [0.2, 0.25) is 0 Å². The molecule has 1 aromatic carbocycles. The van der Waals surface area contributed by atoms with Crippen molar-refractivity contribution in [2.24, 2.45) is 0 Å². The van der Waals surface area contributed by atoms with Gasteiger partial charge in [-0.05, 0) is 56.6 Å². The Kier molecular flexibility index (Phi) is 7.99. The van der Waals surface area contributed by atoms with Gasteiger partial charge in [0.1, 0.15) is 11.4 Å². The molecule has 2 heterocycles. The molecule has 3 rings (SSSR count). The Morgan fingerprint density at radius 2 is 2.14 bits per heavy atom. The Hall–Kier alpha value is -2.01. The van der Waals surface area contributed by atoms with Gasteiger partial charge in [0.25, 0.3) is 0 Å². The second-order valence-corrected chi connectivity index (χ2v) is 7.81. The Bertz CT molecular complexity index is 854. The van der Waals surface area contributed by atoms with Crippen LogP contribution in [-0.2, 0) is 28.9 Å². The summed E-state index contributed by atoms with van der Waals surface area (Å²) in [6.07, 6.45) is 6.70. The fraction of sp³-hybridized carbons (Fsp3) is 0.545. The first-order valence-corrected chi connectivity index (χ1v) is 11.5. The van der Waals surface area contributed by atoms with E-state index in [1.165, 1.54) is 0 Å². The summed E-state index contributed by atoms with van der Waals surface area (Å²) in [4.78, 5) is 1.00. The first-order valence-electron chi connectivity index (χ1n) is 10.3. The molecule has 156 valence electrons. The monoisotopic (exact) mass is 415 g/mol. The summed E-state index contributed by atoms with van der Waals surface area (Å²) in [6, 6.07) is 7.82. The van der Waals surface area contributed by atoms with Gasteiger partial charge in [-0.25, -0.2) is 0 Å². The summed E-state index contributed by atoms with van der Waals surface area (Å²) in [7, 11) is 0. The maximum Gasteiger partial charge on any atom is 0.171 e. The van der Waals surface area contributed by atoms with E-state index in [0.29, 0.717) is 24.5 Å². The Morgan fingerprint density at radius 3 is 2.79 bits per heavy atom. The zero-order valence-corrected chi connectivity index (χ0v) is 18.3. The number of ether oxygens (including phenoxy) is 3. The van der Waals surface area contributed by atoms with E-state index in [-0.39, 0.29) is 6.29 Å². The number of nitriles is 1. The zero-order chi connectivity index (χ0) is 20.6. The molecule has 6 nitrogen and oxygen atoms in total. The van der Waals surface area contributed by atoms with Crippen LogP contribution in [0, 0.1) is 11.3 Å². The van der Waals surface area contributed by atoms with Gasteiger partial charge < -0.3 is 14.2 Å². The quantitative estimate of drug-likeness (QED) is 0.541. The molecular formula is C22H29N3O3S. The highest BCUT2D eigenvalue weighted by Gasteiger charge is 2.19. The van der Waals surface area contributed by atoms with E-state index in [2.05, 4.69) is 19.9 Å². The van der Waals surface area contributed by atoms with Crippen molar-refractivity contribution in [1.82, 2.24) is 9.78 Å². The lowest BCUT2D eigenvalue weighted by atomic mass is 10.2. The van der Waals surface area contributed by atoms with Gasteiger partial charge in [-0.3, -0.25) is 4.68 Å². The second kappa shape index (κ2) is 10.7. The predicted octanol–water partition coefficient (Wildman–Crippen LogP) is 4.94. The lowest BCUT2D eigenvalue weighted by molar-refractivity contribution is -0.163. The van der Waals surface area contributed by atoms with Crippen molar-refractivity contribution in [2.45, 2.75) is 63.7 Å². The molecule has 1 fully saturated rings. The molecule has 0 amide bonds. The minimum atomic E-state index is -0.0931. The summed E-state index contributed by atoms with van der Waals surface area (Å²) in [5, 5.41) is 14.1. The summed E-state index contributed by atoms with van der Waals surface area (Å²) < 4.78 is 19.8. The van der Waals surface area contributed by atoms with Crippen LogP contribution in [0.4, 0.5) is 0 Å². The number of rotatable bonds is 9. The molecule has 1 aromatic heterocycles. The molecule has 1 aliphatic rings. The van der Waals surface area contributed by atoms with Crippen LogP contribution in [-0.4, -0.2) is 35.5 Å². The molecule has 7 heteroatoms. The van der Waals surface area contributed by atoms with Gasteiger partial charge in [-0.15, -0.1) is 11.8 Å². The Balaban J connectivity index is 1.77. The number of aromatic nitrogens is 2. The van der Waals surface area contributed by atoms with Crippen molar-refractivity contribution in [3.05, 3.63) is 35.2 Å². The SMILES string of the molecule is CCc1nn(CCOC2CCCCO2)c(CC)c1Oc1cc(C#N)cc(SC)c1. The van der Waals surface area contributed by atoms with Crippen molar-refractivity contribution in [3.8, 4) is 17.6 Å². The minimum absolute atomic E-state index is 0.0931. The van der Waals surface area contributed by atoms with Gasteiger partial charge in [0, 0.05) is 11.5 Å². The van der Waals surface area contributed by atoms with E-state index in [1.807, 2.05) is 23.1 Å². The number of nitrogens with zero attached hydrogens (tertiary/aromatic N) is 3. The van der Waals surface area contributed by atoms with Crippen LogP contribution in [0.25, 0.3) is 0 Å². The van der Waals surface area contributed by atoms with E-state index in [9.17, 15) is 5.26 Å². The van der Waals surface area contributed by atoms with Gasteiger partial charge in [0.05, 0.1) is 30.5 Å². The van der Waals surface area contributed by atoms with Crippen molar-refractivity contribution in [1.29, 1.82) is 5.26 Å². The van der Waals surface area contributed by atoms with Crippen LogP contribution in [0.5, 0.6) is 11.5 Å². The Morgan fingerprint density at radius 1 is 1.28 bits per heavy atom. The molecule has 1 atom stereocenters.